The Morgan fingerprint density at radius 3 is 2.42 bits per heavy atom. The standard InChI is InChI=1S/C7H9BrN2.2ClH/c1-5(9)7-4-6(8)2-3-10-7;;/h2-5H,9H2,1H3;2*1H. The van der Waals surface area contributed by atoms with Gasteiger partial charge in [-0.15, -0.1) is 24.8 Å². The maximum Gasteiger partial charge on any atom is 0.0579 e. The maximum absolute atomic E-state index is 5.60. The van der Waals surface area contributed by atoms with Crippen molar-refractivity contribution in [1.82, 2.24) is 4.98 Å². The van der Waals surface area contributed by atoms with Gasteiger partial charge in [-0.3, -0.25) is 4.98 Å². The third kappa shape index (κ3) is 4.26. The van der Waals surface area contributed by atoms with Gasteiger partial charge >= 0.3 is 0 Å². The molecule has 0 aromatic carbocycles. The number of hydrogen-bond donors (Lipinski definition) is 1. The van der Waals surface area contributed by atoms with Gasteiger partial charge in [0.2, 0.25) is 0 Å². The number of halogens is 3. The highest BCUT2D eigenvalue weighted by atomic mass is 79.9. The molecule has 0 bridgehead atoms. The summed E-state index contributed by atoms with van der Waals surface area (Å²) in [4.78, 5) is 4.08. The van der Waals surface area contributed by atoms with Crippen molar-refractivity contribution in [3.8, 4) is 0 Å². The van der Waals surface area contributed by atoms with Crippen molar-refractivity contribution in [2.75, 3.05) is 0 Å². The lowest BCUT2D eigenvalue weighted by molar-refractivity contribution is 0.780. The van der Waals surface area contributed by atoms with Crippen molar-refractivity contribution in [3.63, 3.8) is 0 Å². The molecule has 5 heteroatoms. The Morgan fingerprint density at radius 1 is 1.50 bits per heavy atom. The fourth-order valence-electron chi connectivity index (χ4n) is 0.670. The molecule has 0 aliphatic rings. The first-order valence-corrected chi connectivity index (χ1v) is 3.86. The Kier molecular flexibility index (Phi) is 8.15. The molecule has 0 radical (unpaired) electrons. The Balaban J connectivity index is 0. The van der Waals surface area contributed by atoms with Gasteiger partial charge in [0.1, 0.15) is 0 Å². The van der Waals surface area contributed by atoms with E-state index in [9.17, 15) is 0 Å². The van der Waals surface area contributed by atoms with Gasteiger partial charge in [0, 0.05) is 16.7 Å². The first kappa shape index (κ1) is 14.7. The second-order valence-electron chi connectivity index (χ2n) is 2.19. The van der Waals surface area contributed by atoms with Crippen molar-refractivity contribution in [1.29, 1.82) is 0 Å². The number of rotatable bonds is 1. The van der Waals surface area contributed by atoms with Crippen LogP contribution in [0.3, 0.4) is 0 Å². The lowest BCUT2D eigenvalue weighted by atomic mass is 10.2. The van der Waals surface area contributed by atoms with E-state index in [0.29, 0.717) is 0 Å². The summed E-state index contributed by atoms with van der Waals surface area (Å²) in [5.74, 6) is 0. The van der Waals surface area contributed by atoms with E-state index in [1.807, 2.05) is 19.1 Å². The summed E-state index contributed by atoms with van der Waals surface area (Å²) >= 11 is 3.33. The minimum atomic E-state index is 0. The molecule has 1 rings (SSSR count). The van der Waals surface area contributed by atoms with Gasteiger partial charge in [-0.1, -0.05) is 15.9 Å². The highest BCUT2D eigenvalue weighted by Crippen LogP contribution is 2.12. The molecular formula is C7H11BrCl2N2. The summed E-state index contributed by atoms with van der Waals surface area (Å²) in [6.45, 7) is 1.91. The molecule has 1 unspecified atom stereocenters. The van der Waals surface area contributed by atoms with Crippen molar-refractivity contribution in [2.24, 2.45) is 5.73 Å². The fourth-order valence-corrected chi connectivity index (χ4v) is 1.02. The van der Waals surface area contributed by atoms with Crippen LogP contribution in [0.15, 0.2) is 22.8 Å². The zero-order valence-electron chi connectivity index (χ0n) is 6.53. The maximum atomic E-state index is 5.60. The molecule has 0 fully saturated rings. The smallest absolute Gasteiger partial charge is 0.0579 e. The van der Waals surface area contributed by atoms with E-state index in [2.05, 4.69) is 20.9 Å². The predicted octanol–water partition coefficient (Wildman–Crippen LogP) is 2.71. The lowest BCUT2D eigenvalue weighted by Crippen LogP contribution is -2.06. The molecule has 1 aromatic rings. The third-order valence-corrected chi connectivity index (χ3v) is 1.70. The van der Waals surface area contributed by atoms with E-state index in [4.69, 9.17) is 5.73 Å². The van der Waals surface area contributed by atoms with Crippen LogP contribution in [0, 0.1) is 0 Å². The van der Waals surface area contributed by atoms with E-state index in [1.54, 1.807) is 6.20 Å². The van der Waals surface area contributed by atoms with Crippen LogP contribution in [0.5, 0.6) is 0 Å². The summed E-state index contributed by atoms with van der Waals surface area (Å²) < 4.78 is 1.02. The second-order valence-corrected chi connectivity index (χ2v) is 3.10. The minimum absolute atomic E-state index is 0. The minimum Gasteiger partial charge on any atom is -0.323 e. The van der Waals surface area contributed by atoms with Crippen molar-refractivity contribution >= 4 is 40.7 Å². The van der Waals surface area contributed by atoms with Crippen LogP contribution in [0.2, 0.25) is 0 Å². The zero-order valence-corrected chi connectivity index (χ0v) is 9.75. The highest BCUT2D eigenvalue weighted by Gasteiger charge is 1.98. The molecule has 2 nitrogen and oxygen atoms in total. The van der Waals surface area contributed by atoms with Crippen molar-refractivity contribution in [2.45, 2.75) is 13.0 Å². The van der Waals surface area contributed by atoms with Crippen LogP contribution in [-0.4, -0.2) is 4.98 Å². The Hall–Kier alpha value is 0.170. The number of nitrogens with two attached hydrogens (primary N) is 1. The number of aromatic nitrogens is 1. The molecule has 0 aliphatic carbocycles. The molecular weight excluding hydrogens is 263 g/mol. The summed E-state index contributed by atoms with van der Waals surface area (Å²) in [6, 6.07) is 3.81. The largest absolute Gasteiger partial charge is 0.323 e. The second kappa shape index (κ2) is 6.66. The summed E-state index contributed by atoms with van der Waals surface area (Å²) in [5, 5.41) is 0. The molecule has 0 amide bonds. The fraction of sp³-hybridized carbons (Fsp3) is 0.286. The van der Waals surface area contributed by atoms with Crippen LogP contribution >= 0.6 is 40.7 Å². The normalized spacial score (nSPS) is 10.9. The van der Waals surface area contributed by atoms with E-state index >= 15 is 0 Å². The Morgan fingerprint density at radius 2 is 2.08 bits per heavy atom. The molecule has 0 spiro atoms. The van der Waals surface area contributed by atoms with Crippen LogP contribution in [-0.2, 0) is 0 Å². The average Bonchev–Trinajstić information content (AvgIpc) is 1.88. The summed E-state index contributed by atoms with van der Waals surface area (Å²) in [5.41, 5.74) is 6.51. The predicted molar refractivity (Wildman–Crippen MR) is 59.0 cm³/mol. The van der Waals surface area contributed by atoms with Gasteiger partial charge in [0.25, 0.3) is 0 Å². The molecule has 1 atom stereocenters. The number of pyridine rings is 1. The van der Waals surface area contributed by atoms with Gasteiger partial charge in [0.15, 0.2) is 0 Å². The molecule has 2 N–H and O–H groups in total. The quantitative estimate of drug-likeness (QED) is 0.855. The molecule has 0 saturated carbocycles. The topological polar surface area (TPSA) is 38.9 Å². The molecule has 1 aromatic heterocycles. The Labute approximate surface area is 92.9 Å². The third-order valence-electron chi connectivity index (χ3n) is 1.21. The van der Waals surface area contributed by atoms with E-state index in [-0.39, 0.29) is 30.9 Å². The van der Waals surface area contributed by atoms with Gasteiger partial charge in [-0.2, -0.15) is 0 Å². The van der Waals surface area contributed by atoms with Gasteiger partial charge in [-0.05, 0) is 19.1 Å². The lowest BCUT2D eigenvalue weighted by Gasteiger charge is -2.02. The number of nitrogens with zero attached hydrogens (tertiary/aromatic N) is 1. The first-order valence-electron chi connectivity index (χ1n) is 3.07. The van der Waals surface area contributed by atoms with Crippen LogP contribution < -0.4 is 5.73 Å². The molecule has 12 heavy (non-hydrogen) atoms. The van der Waals surface area contributed by atoms with E-state index in [0.717, 1.165) is 10.2 Å². The van der Waals surface area contributed by atoms with Crippen molar-refractivity contribution < 1.29 is 0 Å². The zero-order chi connectivity index (χ0) is 7.56. The van der Waals surface area contributed by atoms with Gasteiger partial charge in [-0.25, -0.2) is 0 Å². The van der Waals surface area contributed by atoms with Crippen LogP contribution in [0.1, 0.15) is 18.7 Å². The van der Waals surface area contributed by atoms with Gasteiger partial charge in [0.05, 0.1) is 5.69 Å². The molecule has 0 aliphatic heterocycles. The molecule has 70 valence electrons. The summed E-state index contributed by atoms with van der Waals surface area (Å²) in [7, 11) is 0. The number of hydrogen-bond acceptors (Lipinski definition) is 2. The summed E-state index contributed by atoms with van der Waals surface area (Å²) in [6.07, 6.45) is 1.74. The molecule has 0 saturated heterocycles. The Bertz CT molecular complexity index is 230. The molecule has 1 heterocycles. The van der Waals surface area contributed by atoms with Gasteiger partial charge < -0.3 is 5.73 Å². The van der Waals surface area contributed by atoms with Crippen LogP contribution in [0.25, 0.3) is 0 Å². The monoisotopic (exact) mass is 272 g/mol. The van der Waals surface area contributed by atoms with E-state index in [1.165, 1.54) is 0 Å². The van der Waals surface area contributed by atoms with Crippen LogP contribution in [0.4, 0.5) is 0 Å². The SMILES string of the molecule is CC(N)c1cc(Br)ccn1.Cl.Cl. The van der Waals surface area contributed by atoms with E-state index < -0.39 is 0 Å². The highest BCUT2D eigenvalue weighted by molar-refractivity contribution is 9.10. The van der Waals surface area contributed by atoms with Crippen molar-refractivity contribution in [3.05, 3.63) is 28.5 Å². The average molecular weight is 274 g/mol. The first-order chi connectivity index (χ1) is 4.70.